The Bertz CT molecular complexity index is 1940. The van der Waals surface area contributed by atoms with Gasteiger partial charge in [-0.05, 0) is 47.0 Å². The third-order valence-corrected chi connectivity index (χ3v) is 7.73. The number of para-hydroxylation sites is 2. The second-order valence-corrected chi connectivity index (χ2v) is 10.0. The van der Waals surface area contributed by atoms with Gasteiger partial charge in [0.1, 0.15) is 5.82 Å². The molecule has 0 spiro atoms. The van der Waals surface area contributed by atoms with Gasteiger partial charge in [-0.3, -0.25) is 4.79 Å². The average molecular weight is 529 g/mol. The monoisotopic (exact) mass is 528 g/mol. The zero-order valence-electron chi connectivity index (χ0n) is 22.3. The largest absolute Gasteiger partial charge is 0.493 e. The maximum Gasteiger partial charge on any atom is 0.279 e. The van der Waals surface area contributed by atoms with Crippen LogP contribution < -0.4 is 20.5 Å². The fourth-order valence-electron chi connectivity index (χ4n) is 5.81. The van der Waals surface area contributed by atoms with Gasteiger partial charge in [0.05, 0.1) is 31.2 Å². The van der Waals surface area contributed by atoms with Crippen molar-refractivity contribution in [3.8, 4) is 11.5 Å². The molecule has 2 aromatic heterocycles. The first-order valence-electron chi connectivity index (χ1n) is 13.3. The molecule has 7 heteroatoms. The van der Waals surface area contributed by atoms with Gasteiger partial charge >= 0.3 is 0 Å². The predicted molar refractivity (Wildman–Crippen MR) is 157 cm³/mol. The molecule has 6 aromatic rings. The van der Waals surface area contributed by atoms with Gasteiger partial charge in [-0.15, -0.1) is 0 Å². The number of hydrogen-bond acceptors (Lipinski definition) is 5. The number of methoxy groups -OCH3 is 2. The summed E-state index contributed by atoms with van der Waals surface area (Å²) in [5, 5.41) is 1.69. The van der Waals surface area contributed by atoms with Crippen molar-refractivity contribution in [3.63, 3.8) is 0 Å². The number of nitrogens with zero attached hydrogens (tertiary/aromatic N) is 3. The van der Waals surface area contributed by atoms with E-state index in [0.717, 1.165) is 34.1 Å². The van der Waals surface area contributed by atoms with Crippen molar-refractivity contribution in [2.45, 2.75) is 19.0 Å². The molecule has 0 radical (unpaired) electrons. The third kappa shape index (κ3) is 3.90. The van der Waals surface area contributed by atoms with Crippen LogP contribution in [0.5, 0.6) is 11.5 Å². The Labute approximate surface area is 231 Å². The summed E-state index contributed by atoms with van der Waals surface area (Å²) in [6.45, 7) is 0.732. The molecular weight excluding hydrogens is 500 g/mol. The minimum atomic E-state index is -0.348. The highest BCUT2D eigenvalue weighted by Crippen LogP contribution is 2.40. The average Bonchev–Trinajstić information content (AvgIpc) is 3.26. The van der Waals surface area contributed by atoms with E-state index >= 15 is 0 Å². The van der Waals surface area contributed by atoms with E-state index in [0.29, 0.717) is 34.6 Å². The Hall–Kier alpha value is -5.04. The van der Waals surface area contributed by atoms with Crippen LogP contribution in [0.1, 0.15) is 34.1 Å². The summed E-state index contributed by atoms with van der Waals surface area (Å²) in [5.74, 6) is 1.92. The second kappa shape index (κ2) is 9.61. The summed E-state index contributed by atoms with van der Waals surface area (Å²) in [5.41, 5.74) is 9.57. The Morgan fingerprint density at radius 2 is 1.55 bits per heavy atom. The molecule has 1 atom stereocenters. The number of rotatable bonds is 5. The maximum atomic E-state index is 13.8. The topological polar surface area (TPSA) is 70.3 Å². The molecule has 0 fully saturated rings. The Balaban J connectivity index is 1.48. The number of benzene rings is 4. The van der Waals surface area contributed by atoms with Crippen molar-refractivity contribution in [3.05, 3.63) is 136 Å². The van der Waals surface area contributed by atoms with E-state index in [-0.39, 0.29) is 11.6 Å². The quantitative estimate of drug-likeness (QED) is 0.313. The van der Waals surface area contributed by atoms with Crippen molar-refractivity contribution in [1.29, 1.82) is 0 Å². The SMILES string of the molecule is COc1cc2c(cc1OC)C(c1cn(Cc3ccccc3)c3ccccc13)Nn1c(nc3ccccc3c1=O)C2. The van der Waals surface area contributed by atoms with Crippen LogP contribution >= 0.6 is 0 Å². The number of hydrogen-bond donors (Lipinski definition) is 1. The van der Waals surface area contributed by atoms with E-state index < -0.39 is 0 Å². The zero-order valence-corrected chi connectivity index (χ0v) is 22.3. The van der Waals surface area contributed by atoms with Gasteiger partial charge in [0, 0.05) is 35.6 Å². The number of fused-ring (bicyclic) bond motifs is 4. The van der Waals surface area contributed by atoms with Gasteiger partial charge in [0.25, 0.3) is 5.56 Å². The normalized spacial score (nSPS) is 14.3. The highest BCUT2D eigenvalue weighted by Gasteiger charge is 2.29. The fraction of sp³-hybridized carbons (Fsp3) is 0.152. The van der Waals surface area contributed by atoms with Crippen LogP contribution in [0.2, 0.25) is 0 Å². The number of ether oxygens (including phenoxy) is 2. The van der Waals surface area contributed by atoms with Gasteiger partial charge < -0.3 is 19.5 Å². The lowest BCUT2D eigenvalue weighted by Gasteiger charge is -2.22. The van der Waals surface area contributed by atoms with Gasteiger partial charge in [-0.2, -0.15) is 0 Å². The van der Waals surface area contributed by atoms with E-state index in [4.69, 9.17) is 14.5 Å². The van der Waals surface area contributed by atoms with Crippen LogP contribution in [-0.2, 0) is 13.0 Å². The van der Waals surface area contributed by atoms with Crippen LogP contribution in [0, 0.1) is 0 Å². The first-order chi connectivity index (χ1) is 19.6. The molecule has 0 bridgehead atoms. The van der Waals surface area contributed by atoms with Gasteiger partial charge in [-0.25, -0.2) is 9.66 Å². The standard InChI is InChI=1S/C33H28N4O3/c1-39-29-16-22-17-31-34-27-14-8-6-13-24(27)33(38)37(31)35-32(25(22)18-30(29)40-2)26-20-36(19-21-10-4-3-5-11-21)28-15-9-7-12-23(26)28/h3-16,18,20,32,35H,17,19H2,1-2H3. The minimum Gasteiger partial charge on any atom is -0.493 e. The van der Waals surface area contributed by atoms with Crippen molar-refractivity contribution >= 4 is 21.8 Å². The first kappa shape index (κ1) is 24.0. The van der Waals surface area contributed by atoms with E-state index in [1.54, 1.807) is 18.9 Å². The van der Waals surface area contributed by atoms with Crippen LogP contribution in [0.15, 0.2) is 102 Å². The molecule has 0 saturated carbocycles. The molecule has 198 valence electrons. The third-order valence-electron chi connectivity index (χ3n) is 7.73. The molecule has 4 aromatic carbocycles. The summed E-state index contributed by atoms with van der Waals surface area (Å²) in [6.07, 6.45) is 2.66. The van der Waals surface area contributed by atoms with Crippen molar-refractivity contribution in [2.24, 2.45) is 0 Å². The summed E-state index contributed by atoms with van der Waals surface area (Å²) >= 11 is 0. The molecule has 7 nitrogen and oxygen atoms in total. The summed E-state index contributed by atoms with van der Waals surface area (Å²) in [7, 11) is 3.28. The Morgan fingerprint density at radius 1 is 0.850 bits per heavy atom. The predicted octanol–water partition coefficient (Wildman–Crippen LogP) is 5.65. The number of aromatic nitrogens is 3. The van der Waals surface area contributed by atoms with Crippen LogP contribution in [-0.4, -0.2) is 28.4 Å². The lowest BCUT2D eigenvalue weighted by molar-refractivity contribution is 0.354. The lowest BCUT2D eigenvalue weighted by Crippen LogP contribution is -2.34. The highest BCUT2D eigenvalue weighted by molar-refractivity contribution is 5.85. The number of nitrogens with one attached hydrogen (secondary N) is 1. The van der Waals surface area contributed by atoms with Crippen molar-refractivity contribution < 1.29 is 9.47 Å². The van der Waals surface area contributed by atoms with E-state index in [1.807, 2.05) is 42.5 Å². The minimum absolute atomic E-state index is 0.120. The molecular formula is C33H28N4O3. The molecule has 0 saturated heterocycles. The summed E-state index contributed by atoms with van der Waals surface area (Å²) in [6, 6.07) is 30.0. The molecule has 40 heavy (non-hydrogen) atoms. The maximum absolute atomic E-state index is 13.8. The van der Waals surface area contributed by atoms with Gasteiger partial charge in [0.2, 0.25) is 0 Å². The molecule has 0 amide bonds. The van der Waals surface area contributed by atoms with Crippen molar-refractivity contribution in [2.75, 3.05) is 19.6 Å². The molecule has 0 aliphatic carbocycles. The van der Waals surface area contributed by atoms with Gasteiger partial charge in [-0.1, -0.05) is 60.7 Å². The Morgan fingerprint density at radius 3 is 2.35 bits per heavy atom. The second-order valence-electron chi connectivity index (χ2n) is 10.0. The summed E-state index contributed by atoms with van der Waals surface area (Å²) in [4.78, 5) is 18.7. The van der Waals surface area contributed by atoms with Crippen molar-refractivity contribution in [1.82, 2.24) is 14.2 Å². The van der Waals surface area contributed by atoms with E-state index in [9.17, 15) is 4.79 Å². The molecule has 1 unspecified atom stereocenters. The molecule has 3 heterocycles. The van der Waals surface area contributed by atoms with Crippen LogP contribution in [0.4, 0.5) is 0 Å². The smallest absolute Gasteiger partial charge is 0.279 e. The molecule has 1 aliphatic rings. The molecule has 1 aliphatic heterocycles. The molecule has 7 rings (SSSR count). The zero-order chi connectivity index (χ0) is 27.2. The van der Waals surface area contributed by atoms with Gasteiger partial charge in [0.15, 0.2) is 11.5 Å². The molecule has 1 N–H and O–H groups in total. The Kier molecular flexibility index (Phi) is 5.77. The first-order valence-corrected chi connectivity index (χ1v) is 13.3. The lowest BCUT2D eigenvalue weighted by atomic mass is 9.93. The van der Waals surface area contributed by atoms with E-state index in [1.165, 1.54) is 5.56 Å². The van der Waals surface area contributed by atoms with Crippen LogP contribution in [0.3, 0.4) is 0 Å². The fourth-order valence-corrected chi connectivity index (χ4v) is 5.81. The summed E-state index contributed by atoms with van der Waals surface area (Å²) < 4.78 is 15.3. The van der Waals surface area contributed by atoms with E-state index in [2.05, 4.69) is 64.7 Å². The van der Waals surface area contributed by atoms with Crippen LogP contribution in [0.25, 0.3) is 21.8 Å². The highest BCUT2D eigenvalue weighted by atomic mass is 16.5.